The molecule has 0 saturated carbocycles. The first-order valence-corrected chi connectivity index (χ1v) is 7.01. The summed E-state index contributed by atoms with van der Waals surface area (Å²) in [5, 5.41) is 12.6. The van der Waals surface area contributed by atoms with Gasteiger partial charge in [0.25, 0.3) is 0 Å². The Bertz CT molecular complexity index is 791. The van der Waals surface area contributed by atoms with Gasteiger partial charge in [-0.25, -0.2) is 4.79 Å². The van der Waals surface area contributed by atoms with E-state index in [-0.39, 0.29) is 37.6 Å². The number of carboxylic acid groups (broad SMARTS) is 1. The summed E-state index contributed by atoms with van der Waals surface area (Å²) >= 11 is 0. The molecule has 0 aromatic carbocycles. The minimum Gasteiger partial charge on any atom is -0.465 e. The van der Waals surface area contributed by atoms with E-state index in [2.05, 4.69) is 15.1 Å². The van der Waals surface area contributed by atoms with Gasteiger partial charge in [0.15, 0.2) is 5.65 Å². The van der Waals surface area contributed by atoms with Crippen LogP contribution in [0.5, 0.6) is 0 Å². The predicted molar refractivity (Wildman–Crippen MR) is 76.6 cm³/mol. The Hall–Kier alpha value is -2.79. The smallest absolute Gasteiger partial charge is 0.421 e. The number of amides is 1. The zero-order valence-corrected chi connectivity index (χ0v) is 12.5. The quantitative estimate of drug-likeness (QED) is 0.790. The topological polar surface area (TPSA) is 113 Å². The lowest BCUT2D eigenvalue weighted by Crippen LogP contribution is -2.54. The van der Waals surface area contributed by atoms with Crippen molar-refractivity contribution in [3.8, 4) is 0 Å². The number of carbonyl (C=O) groups is 1. The molecule has 2 aromatic heterocycles. The van der Waals surface area contributed by atoms with Crippen molar-refractivity contribution in [1.82, 2.24) is 24.5 Å². The van der Waals surface area contributed by atoms with Crippen molar-refractivity contribution in [3.05, 3.63) is 11.8 Å². The van der Waals surface area contributed by atoms with E-state index in [1.807, 2.05) is 0 Å². The zero-order chi connectivity index (χ0) is 17.6. The molecule has 0 radical (unpaired) electrons. The Balaban J connectivity index is 2.00. The van der Waals surface area contributed by atoms with Crippen LogP contribution in [-0.4, -0.2) is 61.4 Å². The van der Waals surface area contributed by atoms with Crippen molar-refractivity contribution in [2.45, 2.75) is 19.1 Å². The molecule has 0 unspecified atom stereocenters. The van der Waals surface area contributed by atoms with E-state index < -0.39 is 23.5 Å². The maximum Gasteiger partial charge on any atom is 0.421 e. The molecule has 1 aliphatic heterocycles. The molecule has 1 amide bonds. The maximum absolute atomic E-state index is 13.0. The Morgan fingerprint density at radius 1 is 1.38 bits per heavy atom. The number of aromatic nitrogens is 4. The fourth-order valence-corrected chi connectivity index (χ4v) is 2.64. The first-order chi connectivity index (χ1) is 11.2. The summed E-state index contributed by atoms with van der Waals surface area (Å²) in [4.78, 5) is 21.8. The Morgan fingerprint density at radius 3 is 2.67 bits per heavy atom. The summed E-state index contributed by atoms with van der Waals surface area (Å²) in [6, 6.07) is -0.311. The van der Waals surface area contributed by atoms with Crippen molar-refractivity contribution in [3.63, 3.8) is 0 Å². The van der Waals surface area contributed by atoms with Gasteiger partial charge >= 0.3 is 12.3 Å². The summed E-state index contributed by atoms with van der Waals surface area (Å²) in [5.41, 5.74) is 4.25. The van der Waals surface area contributed by atoms with Gasteiger partial charge in [-0.3, -0.25) is 0 Å². The third-order valence-electron chi connectivity index (χ3n) is 3.84. The van der Waals surface area contributed by atoms with Gasteiger partial charge in [0, 0.05) is 25.7 Å². The number of anilines is 2. The van der Waals surface area contributed by atoms with Crippen LogP contribution in [-0.2, 0) is 6.18 Å². The number of hydrogen-bond donors (Lipinski definition) is 2. The Kier molecular flexibility index (Phi) is 3.61. The van der Waals surface area contributed by atoms with Crippen LogP contribution in [0.15, 0.2) is 6.20 Å². The van der Waals surface area contributed by atoms with Crippen LogP contribution in [0, 0.1) is 0 Å². The largest absolute Gasteiger partial charge is 0.465 e. The lowest BCUT2D eigenvalue weighted by molar-refractivity contribution is -0.136. The monoisotopic (exact) mass is 345 g/mol. The molecular weight excluding hydrogens is 331 g/mol. The molecule has 3 rings (SSSR count). The number of nitrogen functional groups attached to an aromatic ring is 1. The summed E-state index contributed by atoms with van der Waals surface area (Å²) in [6.07, 6.45) is -5.02. The molecule has 130 valence electrons. The van der Waals surface area contributed by atoms with E-state index in [0.29, 0.717) is 6.20 Å². The first kappa shape index (κ1) is 16.1. The zero-order valence-electron chi connectivity index (χ0n) is 12.5. The summed E-state index contributed by atoms with van der Waals surface area (Å²) in [7, 11) is 0. The predicted octanol–water partition coefficient (Wildman–Crippen LogP) is 0.914. The van der Waals surface area contributed by atoms with Crippen molar-refractivity contribution in [2.75, 3.05) is 30.3 Å². The van der Waals surface area contributed by atoms with Crippen LogP contribution in [0.25, 0.3) is 5.65 Å². The van der Waals surface area contributed by atoms with Crippen molar-refractivity contribution >= 4 is 23.6 Å². The fraction of sp³-hybridized carbons (Fsp3) is 0.500. The van der Waals surface area contributed by atoms with Crippen LogP contribution >= 0.6 is 0 Å². The van der Waals surface area contributed by atoms with Gasteiger partial charge in [-0.1, -0.05) is 0 Å². The van der Waals surface area contributed by atoms with Crippen LogP contribution in [0.4, 0.5) is 29.9 Å². The van der Waals surface area contributed by atoms with Crippen molar-refractivity contribution in [1.29, 1.82) is 0 Å². The highest BCUT2D eigenvalue weighted by Gasteiger charge is 2.36. The number of fused-ring (bicyclic) bond motifs is 1. The van der Waals surface area contributed by atoms with Gasteiger partial charge < -0.3 is 20.6 Å². The SMILES string of the molecule is C[C@H]1CN(C(=O)O)CCN1c1nc(N)n2ncc(C(F)(F)F)c2n1. The molecule has 9 nitrogen and oxygen atoms in total. The number of nitrogens with zero attached hydrogens (tertiary/aromatic N) is 6. The molecule has 12 heteroatoms. The molecule has 3 heterocycles. The molecule has 1 atom stereocenters. The average Bonchev–Trinajstić information content (AvgIpc) is 2.91. The number of nitrogens with two attached hydrogens (primary N) is 1. The van der Waals surface area contributed by atoms with Crippen LogP contribution in [0.2, 0.25) is 0 Å². The number of hydrogen-bond acceptors (Lipinski definition) is 6. The van der Waals surface area contributed by atoms with Crippen LogP contribution in [0.3, 0.4) is 0 Å². The molecule has 24 heavy (non-hydrogen) atoms. The molecular formula is C12H14F3N7O2. The van der Waals surface area contributed by atoms with E-state index in [1.54, 1.807) is 11.8 Å². The highest BCUT2D eigenvalue weighted by Crippen LogP contribution is 2.32. The number of alkyl halides is 3. The Labute approximate surface area is 133 Å². The van der Waals surface area contributed by atoms with E-state index >= 15 is 0 Å². The lowest BCUT2D eigenvalue weighted by Gasteiger charge is -2.38. The van der Waals surface area contributed by atoms with Gasteiger partial charge in [-0.15, -0.1) is 0 Å². The summed E-state index contributed by atoms with van der Waals surface area (Å²) in [6.45, 7) is 2.37. The summed E-state index contributed by atoms with van der Waals surface area (Å²) in [5.74, 6) is -0.207. The fourth-order valence-electron chi connectivity index (χ4n) is 2.64. The summed E-state index contributed by atoms with van der Waals surface area (Å²) < 4.78 is 39.9. The van der Waals surface area contributed by atoms with Crippen LogP contribution < -0.4 is 10.6 Å². The molecule has 0 spiro atoms. The van der Waals surface area contributed by atoms with Gasteiger partial charge in [-0.05, 0) is 6.92 Å². The third kappa shape index (κ3) is 2.63. The second kappa shape index (κ2) is 5.39. The van der Waals surface area contributed by atoms with Gasteiger partial charge in [-0.2, -0.15) is 32.8 Å². The minimum absolute atomic E-state index is 0.0172. The highest BCUT2D eigenvalue weighted by molar-refractivity contribution is 5.65. The normalized spacial score (nSPS) is 19.1. The Morgan fingerprint density at radius 2 is 2.08 bits per heavy atom. The number of piperazine rings is 1. The molecule has 1 aliphatic rings. The molecule has 0 aliphatic carbocycles. The number of rotatable bonds is 1. The van der Waals surface area contributed by atoms with E-state index in [4.69, 9.17) is 10.8 Å². The second-order valence-corrected chi connectivity index (χ2v) is 5.44. The minimum atomic E-state index is -4.62. The second-order valence-electron chi connectivity index (χ2n) is 5.44. The van der Waals surface area contributed by atoms with E-state index in [9.17, 15) is 18.0 Å². The maximum atomic E-state index is 13.0. The van der Waals surface area contributed by atoms with Crippen LogP contribution in [0.1, 0.15) is 12.5 Å². The molecule has 0 bridgehead atoms. The van der Waals surface area contributed by atoms with Gasteiger partial charge in [0.1, 0.15) is 5.56 Å². The number of halogens is 3. The lowest BCUT2D eigenvalue weighted by atomic mass is 10.2. The molecule has 1 saturated heterocycles. The van der Waals surface area contributed by atoms with E-state index in [0.717, 1.165) is 4.52 Å². The molecule has 1 fully saturated rings. The average molecular weight is 345 g/mol. The van der Waals surface area contributed by atoms with Crippen molar-refractivity contribution < 1.29 is 23.1 Å². The first-order valence-electron chi connectivity index (χ1n) is 7.01. The van der Waals surface area contributed by atoms with Gasteiger partial charge in [0.05, 0.1) is 6.20 Å². The van der Waals surface area contributed by atoms with Crippen molar-refractivity contribution in [2.24, 2.45) is 0 Å². The highest BCUT2D eigenvalue weighted by atomic mass is 19.4. The van der Waals surface area contributed by atoms with Gasteiger partial charge in [0.2, 0.25) is 11.9 Å². The van der Waals surface area contributed by atoms with E-state index in [1.165, 1.54) is 4.90 Å². The third-order valence-corrected chi connectivity index (χ3v) is 3.84. The standard InChI is InChI=1S/C12H14F3N7O2/c1-6-5-20(11(23)24)2-3-21(6)10-18-8-7(12(13,14)15)4-17-22(8)9(16)19-10/h4,6H,2-3,5H2,1H3,(H,23,24)(H2,16,18,19)/t6-/m0/s1. The molecule has 3 N–H and O–H groups in total. The molecule has 2 aromatic rings.